The molecule has 1 aromatic carbocycles. The van der Waals surface area contributed by atoms with Crippen LogP contribution >= 0.6 is 0 Å². The Morgan fingerprint density at radius 3 is 2.78 bits per heavy atom. The maximum atomic E-state index is 11.6. The Kier molecular flexibility index (Phi) is 5.45. The van der Waals surface area contributed by atoms with Crippen LogP contribution in [0.3, 0.4) is 0 Å². The third-order valence-corrected chi connectivity index (χ3v) is 2.60. The maximum Gasteiger partial charge on any atom is 0.251 e. The van der Waals surface area contributed by atoms with Crippen molar-refractivity contribution in [1.29, 1.82) is 0 Å². The zero-order valence-corrected chi connectivity index (χ0v) is 10.9. The van der Waals surface area contributed by atoms with E-state index in [1.165, 1.54) is 0 Å². The van der Waals surface area contributed by atoms with Gasteiger partial charge in [-0.3, -0.25) is 4.79 Å². The number of nitrogens with one attached hydrogen (secondary N) is 2. The number of aliphatic hydroxyl groups excluding tert-OH is 1. The number of hydrogen-bond acceptors (Lipinski definition) is 4. The van der Waals surface area contributed by atoms with Gasteiger partial charge in [0, 0.05) is 25.3 Å². The first-order chi connectivity index (χ1) is 8.58. The average Bonchev–Trinajstić information content (AvgIpc) is 2.37. The Morgan fingerprint density at radius 2 is 2.22 bits per heavy atom. The molecule has 0 fully saturated rings. The number of rotatable bonds is 6. The topological polar surface area (TPSA) is 87.4 Å². The third kappa shape index (κ3) is 3.92. The van der Waals surface area contributed by atoms with Gasteiger partial charge in [-0.15, -0.1) is 0 Å². The summed E-state index contributed by atoms with van der Waals surface area (Å²) in [6, 6.07) is 5.16. The van der Waals surface area contributed by atoms with E-state index in [0.717, 1.165) is 5.69 Å². The Morgan fingerprint density at radius 1 is 1.50 bits per heavy atom. The summed E-state index contributed by atoms with van der Waals surface area (Å²) in [5.74, 6) is 0.0342. The van der Waals surface area contributed by atoms with E-state index in [-0.39, 0.29) is 18.4 Å². The Hall–Kier alpha value is -1.75. The van der Waals surface area contributed by atoms with E-state index < -0.39 is 0 Å². The monoisotopic (exact) mass is 251 g/mol. The zero-order valence-electron chi connectivity index (χ0n) is 10.9. The van der Waals surface area contributed by atoms with Gasteiger partial charge in [-0.25, -0.2) is 0 Å². The van der Waals surface area contributed by atoms with Gasteiger partial charge in [-0.1, -0.05) is 6.92 Å². The van der Waals surface area contributed by atoms with Crippen LogP contribution in [0.1, 0.15) is 24.2 Å². The van der Waals surface area contributed by atoms with E-state index in [0.29, 0.717) is 24.3 Å². The molecule has 0 radical (unpaired) electrons. The summed E-state index contributed by atoms with van der Waals surface area (Å²) in [7, 11) is 0. The van der Waals surface area contributed by atoms with E-state index in [4.69, 9.17) is 10.8 Å². The van der Waals surface area contributed by atoms with Crippen LogP contribution in [0.2, 0.25) is 0 Å². The lowest BCUT2D eigenvalue weighted by molar-refractivity contribution is 0.0956. The SMILES string of the molecule is CCNC(=O)c1ccc(NCC(C)CO)c(N)c1. The summed E-state index contributed by atoms with van der Waals surface area (Å²) in [5, 5.41) is 14.8. The van der Waals surface area contributed by atoms with Crippen molar-refractivity contribution in [1.82, 2.24) is 5.32 Å². The first-order valence-electron chi connectivity index (χ1n) is 6.11. The summed E-state index contributed by atoms with van der Waals surface area (Å²) in [5.41, 5.74) is 7.74. The number of hydrogen-bond donors (Lipinski definition) is 4. The molecule has 0 saturated carbocycles. The van der Waals surface area contributed by atoms with E-state index in [9.17, 15) is 4.79 Å². The second-order valence-electron chi connectivity index (χ2n) is 4.33. The molecule has 1 rings (SSSR count). The predicted octanol–water partition coefficient (Wildman–Crippen LogP) is 1.06. The lowest BCUT2D eigenvalue weighted by atomic mass is 10.1. The first kappa shape index (κ1) is 14.3. The highest BCUT2D eigenvalue weighted by atomic mass is 16.3. The quantitative estimate of drug-likeness (QED) is 0.569. The van der Waals surface area contributed by atoms with Gasteiger partial charge in [0.1, 0.15) is 0 Å². The minimum absolute atomic E-state index is 0.125. The molecular weight excluding hydrogens is 230 g/mol. The molecule has 5 N–H and O–H groups in total. The summed E-state index contributed by atoms with van der Waals surface area (Å²) < 4.78 is 0. The van der Waals surface area contributed by atoms with Crippen molar-refractivity contribution in [3.63, 3.8) is 0 Å². The fourth-order valence-electron chi connectivity index (χ4n) is 1.48. The molecule has 1 aromatic rings. The smallest absolute Gasteiger partial charge is 0.251 e. The van der Waals surface area contributed by atoms with Crippen LogP contribution in [0.15, 0.2) is 18.2 Å². The second kappa shape index (κ2) is 6.86. The number of benzene rings is 1. The van der Waals surface area contributed by atoms with Crippen LogP contribution in [-0.2, 0) is 0 Å². The molecule has 0 aliphatic rings. The van der Waals surface area contributed by atoms with Gasteiger partial charge in [0.15, 0.2) is 0 Å². The number of carbonyl (C=O) groups excluding carboxylic acids is 1. The van der Waals surface area contributed by atoms with E-state index in [1.54, 1.807) is 18.2 Å². The van der Waals surface area contributed by atoms with Crippen LogP contribution in [0.4, 0.5) is 11.4 Å². The third-order valence-electron chi connectivity index (χ3n) is 2.60. The fraction of sp³-hybridized carbons (Fsp3) is 0.462. The number of anilines is 2. The number of nitrogens with two attached hydrogens (primary N) is 1. The van der Waals surface area contributed by atoms with E-state index in [1.807, 2.05) is 13.8 Å². The molecule has 0 aromatic heterocycles. The molecule has 0 heterocycles. The zero-order chi connectivity index (χ0) is 13.5. The molecule has 1 unspecified atom stereocenters. The van der Waals surface area contributed by atoms with Crippen LogP contribution in [0.25, 0.3) is 0 Å². The normalized spacial score (nSPS) is 11.9. The van der Waals surface area contributed by atoms with Gasteiger partial charge < -0.3 is 21.5 Å². The van der Waals surface area contributed by atoms with Crippen LogP contribution < -0.4 is 16.4 Å². The number of carbonyl (C=O) groups is 1. The van der Waals surface area contributed by atoms with E-state index in [2.05, 4.69) is 10.6 Å². The van der Waals surface area contributed by atoms with Gasteiger partial charge in [0.25, 0.3) is 5.91 Å². The number of nitrogen functional groups attached to an aromatic ring is 1. The maximum absolute atomic E-state index is 11.6. The average molecular weight is 251 g/mol. The number of aliphatic hydroxyl groups is 1. The van der Waals surface area contributed by atoms with Crippen molar-refractivity contribution in [2.45, 2.75) is 13.8 Å². The molecule has 5 nitrogen and oxygen atoms in total. The summed E-state index contributed by atoms with van der Waals surface area (Å²) in [6.45, 7) is 5.16. The van der Waals surface area contributed by atoms with Crippen LogP contribution in [-0.4, -0.2) is 30.7 Å². The summed E-state index contributed by atoms with van der Waals surface area (Å²) >= 11 is 0. The van der Waals surface area contributed by atoms with Gasteiger partial charge in [-0.05, 0) is 31.0 Å². The summed E-state index contributed by atoms with van der Waals surface area (Å²) in [6.07, 6.45) is 0. The standard InChI is InChI=1S/C13H21N3O2/c1-3-15-13(18)10-4-5-12(11(14)6-10)16-7-9(2)8-17/h4-6,9,16-17H,3,7-8,14H2,1-2H3,(H,15,18). The van der Waals surface area contributed by atoms with Crippen molar-refractivity contribution in [3.05, 3.63) is 23.8 Å². The minimum atomic E-state index is -0.125. The molecule has 18 heavy (non-hydrogen) atoms. The molecule has 0 aliphatic carbocycles. The van der Waals surface area contributed by atoms with Gasteiger partial charge >= 0.3 is 0 Å². The molecule has 0 bridgehead atoms. The fourth-order valence-corrected chi connectivity index (χ4v) is 1.48. The predicted molar refractivity (Wildman–Crippen MR) is 73.6 cm³/mol. The second-order valence-corrected chi connectivity index (χ2v) is 4.33. The van der Waals surface area contributed by atoms with Crippen molar-refractivity contribution < 1.29 is 9.90 Å². The highest BCUT2D eigenvalue weighted by molar-refractivity contribution is 5.96. The van der Waals surface area contributed by atoms with E-state index >= 15 is 0 Å². The molecule has 1 atom stereocenters. The van der Waals surface area contributed by atoms with Crippen LogP contribution in [0.5, 0.6) is 0 Å². The Bertz CT molecular complexity index is 407. The summed E-state index contributed by atoms with van der Waals surface area (Å²) in [4.78, 5) is 11.6. The lowest BCUT2D eigenvalue weighted by Crippen LogP contribution is -2.23. The molecule has 1 amide bonds. The highest BCUT2D eigenvalue weighted by Gasteiger charge is 2.07. The lowest BCUT2D eigenvalue weighted by Gasteiger charge is -2.13. The van der Waals surface area contributed by atoms with Crippen molar-refractivity contribution in [2.75, 3.05) is 30.7 Å². The molecule has 5 heteroatoms. The molecule has 100 valence electrons. The van der Waals surface area contributed by atoms with Gasteiger partial charge in [0.05, 0.1) is 11.4 Å². The van der Waals surface area contributed by atoms with Crippen molar-refractivity contribution in [3.8, 4) is 0 Å². The minimum Gasteiger partial charge on any atom is -0.397 e. The van der Waals surface area contributed by atoms with Gasteiger partial charge in [0.2, 0.25) is 0 Å². The first-order valence-corrected chi connectivity index (χ1v) is 6.11. The van der Waals surface area contributed by atoms with Crippen molar-refractivity contribution in [2.24, 2.45) is 5.92 Å². The molecule has 0 spiro atoms. The largest absolute Gasteiger partial charge is 0.397 e. The Labute approximate surface area is 107 Å². The molecular formula is C13H21N3O2. The van der Waals surface area contributed by atoms with Crippen molar-refractivity contribution >= 4 is 17.3 Å². The highest BCUT2D eigenvalue weighted by Crippen LogP contribution is 2.20. The molecule has 0 aliphatic heterocycles. The van der Waals surface area contributed by atoms with Gasteiger partial charge in [-0.2, -0.15) is 0 Å². The number of amides is 1. The van der Waals surface area contributed by atoms with Crippen LogP contribution in [0, 0.1) is 5.92 Å². The Balaban J connectivity index is 2.70. The molecule has 0 saturated heterocycles.